The van der Waals surface area contributed by atoms with Gasteiger partial charge in [-0.1, -0.05) is 26.8 Å². The molecule has 196 valence electrons. The molecule has 1 N–H and O–H groups in total. The molecule has 1 fully saturated rings. The largest absolute Gasteiger partial charge is 0.507 e. The number of ketones is 1. The molecule has 38 heavy (non-hydrogen) atoms. The van der Waals surface area contributed by atoms with Crippen LogP contribution in [0.1, 0.15) is 54.7 Å². The van der Waals surface area contributed by atoms with E-state index in [1.807, 2.05) is 20.8 Å². The minimum Gasteiger partial charge on any atom is -0.507 e. The van der Waals surface area contributed by atoms with E-state index in [1.54, 1.807) is 73.1 Å². The van der Waals surface area contributed by atoms with E-state index in [9.17, 15) is 19.5 Å². The fraction of sp³-hybridized carbons (Fsp3) is 0.267. The smallest absolute Gasteiger partial charge is 0.338 e. The van der Waals surface area contributed by atoms with Crippen LogP contribution in [0.3, 0.4) is 0 Å². The van der Waals surface area contributed by atoms with Gasteiger partial charge in [0.15, 0.2) is 0 Å². The fourth-order valence-corrected chi connectivity index (χ4v) is 4.12. The van der Waals surface area contributed by atoms with Crippen molar-refractivity contribution in [1.29, 1.82) is 0 Å². The van der Waals surface area contributed by atoms with Crippen LogP contribution in [0.2, 0.25) is 0 Å². The average Bonchev–Trinajstić information content (AvgIpc) is 3.21. The number of aliphatic hydroxyl groups excluding tert-OH is 1. The lowest BCUT2D eigenvalue weighted by atomic mass is 9.96. The molecule has 2 aromatic carbocycles. The molecule has 1 unspecified atom stereocenters. The first-order valence-electron chi connectivity index (χ1n) is 12.5. The van der Waals surface area contributed by atoms with E-state index >= 15 is 0 Å². The maximum Gasteiger partial charge on any atom is 0.338 e. The number of aliphatic hydroxyl groups is 1. The molecule has 0 bridgehead atoms. The van der Waals surface area contributed by atoms with Crippen LogP contribution in [0, 0.1) is 5.92 Å². The lowest BCUT2D eigenvalue weighted by Gasteiger charge is -2.25. The molecule has 1 aliphatic heterocycles. The summed E-state index contributed by atoms with van der Waals surface area (Å²) in [5.41, 5.74) is 1.60. The Bertz CT molecular complexity index is 1330. The number of ether oxygens (including phenoxy) is 2. The number of carbonyl (C=O) groups excluding carboxylic acids is 3. The predicted octanol–water partition coefficient (Wildman–Crippen LogP) is 5.31. The van der Waals surface area contributed by atoms with Gasteiger partial charge in [-0.15, -0.1) is 0 Å². The van der Waals surface area contributed by atoms with Gasteiger partial charge in [-0.25, -0.2) is 4.79 Å². The highest BCUT2D eigenvalue weighted by atomic mass is 16.5. The Balaban J connectivity index is 1.73. The number of hydrogen-bond donors (Lipinski definition) is 1. The minimum atomic E-state index is -0.918. The van der Waals surface area contributed by atoms with Crippen LogP contribution in [0.25, 0.3) is 5.76 Å². The van der Waals surface area contributed by atoms with Crippen molar-refractivity contribution >= 4 is 29.1 Å². The number of rotatable bonds is 9. The molecular weight excluding hydrogens is 484 g/mol. The summed E-state index contributed by atoms with van der Waals surface area (Å²) in [5, 5.41) is 11.3. The lowest BCUT2D eigenvalue weighted by molar-refractivity contribution is -0.132. The molecule has 0 spiro atoms. The molecule has 1 aromatic heterocycles. The Kier molecular flexibility index (Phi) is 8.21. The van der Waals surface area contributed by atoms with Crippen molar-refractivity contribution in [3.8, 4) is 5.75 Å². The Hall–Kier alpha value is -4.46. The molecule has 3 aromatic rings. The molecular formula is C30H30N2O6. The first-order chi connectivity index (χ1) is 18.3. The second-order valence-electron chi connectivity index (χ2n) is 9.37. The zero-order valence-corrected chi connectivity index (χ0v) is 21.6. The number of benzene rings is 2. The number of nitrogens with zero attached hydrogens (tertiary/aromatic N) is 2. The number of anilines is 1. The number of pyridine rings is 1. The summed E-state index contributed by atoms with van der Waals surface area (Å²) in [6.45, 7) is 6.85. The first kappa shape index (κ1) is 26.6. The number of Topliss-reactive ketones (excluding diaryl/α,β-unsaturated/α-hetero) is 1. The monoisotopic (exact) mass is 514 g/mol. The Labute approximate surface area is 221 Å². The van der Waals surface area contributed by atoms with Gasteiger partial charge in [0.25, 0.3) is 11.7 Å². The standard InChI is InChI=1S/C30H30N2O6/c1-4-16-37-30(36)21-7-11-23(12-8-21)32-26(22-6-5-15-31-17-22)25(28(34)29(32)35)27(33)20-9-13-24(14-10-20)38-18-19(2)3/h5-15,17,19,26,33H,4,16,18H2,1-3H3/b27-25+. The van der Waals surface area contributed by atoms with Crippen LogP contribution in [0.4, 0.5) is 5.69 Å². The van der Waals surface area contributed by atoms with E-state index in [0.717, 1.165) is 0 Å². The SMILES string of the molecule is CCCOC(=O)c1ccc(N2C(=O)C(=O)/C(=C(/O)c3ccc(OCC(C)C)cc3)C2c2cccnc2)cc1. The van der Waals surface area contributed by atoms with Gasteiger partial charge in [0, 0.05) is 23.6 Å². The van der Waals surface area contributed by atoms with Crippen LogP contribution in [0.5, 0.6) is 5.75 Å². The van der Waals surface area contributed by atoms with E-state index in [0.29, 0.717) is 53.7 Å². The zero-order chi connectivity index (χ0) is 27.2. The van der Waals surface area contributed by atoms with Gasteiger partial charge in [0.1, 0.15) is 11.5 Å². The summed E-state index contributed by atoms with van der Waals surface area (Å²) < 4.78 is 10.9. The summed E-state index contributed by atoms with van der Waals surface area (Å²) >= 11 is 0. The van der Waals surface area contributed by atoms with Crippen molar-refractivity contribution < 1.29 is 29.0 Å². The van der Waals surface area contributed by atoms with Gasteiger partial charge in [0.05, 0.1) is 30.4 Å². The second-order valence-corrected chi connectivity index (χ2v) is 9.37. The van der Waals surface area contributed by atoms with Gasteiger partial charge >= 0.3 is 5.97 Å². The van der Waals surface area contributed by atoms with Gasteiger partial charge in [-0.2, -0.15) is 0 Å². The molecule has 0 saturated carbocycles. The molecule has 8 heteroatoms. The first-order valence-corrected chi connectivity index (χ1v) is 12.5. The molecule has 1 saturated heterocycles. The van der Waals surface area contributed by atoms with Crippen molar-refractivity contribution in [2.75, 3.05) is 18.1 Å². The van der Waals surface area contributed by atoms with E-state index < -0.39 is 23.7 Å². The van der Waals surface area contributed by atoms with Gasteiger partial charge < -0.3 is 14.6 Å². The highest BCUT2D eigenvalue weighted by molar-refractivity contribution is 6.51. The molecule has 0 aliphatic carbocycles. The average molecular weight is 515 g/mol. The quantitative estimate of drug-likeness (QED) is 0.179. The van der Waals surface area contributed by atoms with Crippen molar-refractivity contribution in [2.45, 2.75) is 33.2 Å². The number of aromatic nitrogens is 1. The summed E-state index contributed by atoms with van der Waals surface area (Å²) in [7, 11) is 0. The Morgan fingerprint density at radius 2 is 1.71 bits per heavy atom. The minimum absolute atomic E-state index is 0.0507. The van der Waals surface area contributed by atoms with Crippen LogP contribution < -0.4 is 9.64 Å². The third-order valence-electron chi connectivity index (χ3n) is 5.97. The van der Waals surface area contributed by atoms with Crippen molar-refractivity contribution in [2.24, 2.45) is 5.92 Å². The van der Waals surface area contributed by atoms with Gasteiger partial charge in [-0.3, -0.25) is 19.5 Å². The topological polar surface area (TPSA) is 106 Å². The Morgan fingerprint density at radius 1 is 1.03 bits per heavy atom. The molecule has 8 nitrogen and oxygen atoms in total. The van der Waals surface area contributed by atoms with Gasteiger partial charge in [-0.05, 0) is 72.5 Å². The molecule has 4 rings (SSSR count). The van der Waals surface area contributed by atoms with Crippen LogP contribution in [-0.4, -0.2) is 41.0 Å². The molecule has 2 heterocycles. The van der Waals surface area contributed by atoms with Crippen molar-refractivity contribution in [1.82, 2.24) is 4.98 Å². The highest BCUT2D eigenvalue weighted by Crippen LogP contribution is 2.42. The van der Waals surface area contributed by atoms with Crippen LogP contribution in [0.15, 0.2) is 78.6 Å². The van der Waals surface area contributed by atoms with Gasteiger partial charge in [0.2, 0.25) is 0 Å². The maximum absolute atomic E-state index is 13.3. The molecule has 0 radical (unpaired) electrons. The highest BCUT2D eigenvalue weighted by Gasteiger charge is 2.47. The fourth-order valence-electron chi connectivity index (χ4n) is 4.12. The van der Waals surface area contributed by atoms with Crippen molar-refractivity contribution in [3.63, 3.8) is 0 Å². The summed E-state index contributed by atoms with van der Waals surface area (Å²) in [5.74, 6) is -1.38. The summed E-state index contributed by atoms with van der Waals surface area (Å²) in [6, 6.07) is 15.5. The van der Waals surface area contributed by atoms with E-state index in [1.165, 1.54) is 4.90 Å². The molecule has 1 amide bonds. The van der Waals surface area contributed by atoms with Crippen molar-refractivity contribution in [3.05, 3.63) is 95.3 Å². The normalized spacial score (nSPS) is 16.6. The number of amides is 1. The number of esters is 1. The van der Waals surface area contributed by atoms with E-state index in [2.05, 4.69) is 4.98 Å². The zero-order valence-electron chi connectivity index (χ0n) is 21.6. The summed E-state index contributed by atoms with van der Waals surface area (Å²) in [4.78, 5) is 44.3. The number of carbonyl (C=O) groups is 3. The molecule has 1 atom stereocenters. The van der Waals surface area contributed by atoms with Crippen LogP contribution in [-0.2, 0) is 14.3 Å². The molecule has 1 aliphatic rings. The lowest BCUT2D eigenvalue weighted by Crippen LogP contribution is -2.29. The Morgan fingerprint density at radius 3 is 2.32 bits per heavy atom. The maximum atomic E-state index is 13.3. The van der Waals surface area contributed by atoms with Crippen LogP contribution >= 0.6 is 0 Å². The second kappa shape index (κ2) is 11.7. The van der Waals surface area contributed by atoms with E-state index in [4.69, 9.17) is 9.47 Å². The third kappa shape index (κ3) is 5.59. The summed E-state index contributed by atoms with van der Waals surface area (Å²) in [6.07, 6.45) is 3.84. The predicted molar refractivity (Wildman–Crippen MR) is 143 cm³/mol. The number of hydrogen-bond acceptors (Lipinski definition) is 7. The third-order valence-corrected chi connectivity index (χ3v) is 5.97. The van der Waals surface area contributed by atoms with E-state index in [-0.39, 0.29) is 11.3 Å².